The van der Waals surface area contributed by atoms with E-state index in [0.717, 1.165) is 12.1 Å². The molecule has 1 aromatic rings. The molecule has 0 aromatic heterocycles. The molecule has 0 atom stereocenters. The Labute approximate surface area is 96.5 Å². The lowest BCUT2D eigenvalue weighted by Gasteiger charge is -2.22. The van der Waals surface area contributed by atoms with Gasteiger partial charge < -0.3 is 9.47 Å². The summed E-state index contributed by atoms with van der Waals surface area (Å²) in [6, 6.07) is 2.07. The van der Waals surface area contributed by atoms with E-state index in [0.29, 0.717) is 24.5 Å². The summed E-state index contributed by atoms with van der Waals surface area (Å²) in [6.07, 6.45) is -4.38. The van der Waals surface area contributed by atoms with Gasteiger partial charge in [-0.2, -0.15) is 13.2 Å². The molecule has 1 N–H and O–H groups in total. The molecule has 1 heterocycles. The molecule has 0 aliphatic carbocycles. The van der Waals surface area contributed by atoms with Crippen LogP contribution in [0.2, 0.25) is 0 Å². The van der Waals surface area contributed by atoms with Crippen molar-refractivity contribution in [1.29, 1.82) is 0 Å². The van der Waals surface area contributed by atoms with Crippen LogP contribution in [-0.2, 0) is 12.7 Å². The van der Waals surface area contributed by atoms with Gasteiger partial charge in [-0.3, -0.25) is 5.32 Å². The fourth-order valence-electron chi connectivity index (χ4n) is 1.69. The van der Waals surface area contributed by atoms with E-state index in [2.05, 4.69) is 5.32 Å². The van der Waals surface area contributed by atoms with Gasteiger partial charge in [-0.05, 0) is 19.1 Å². The standard InChI is InChI=1S/C11H12F3NO2/c1-2-16-9-4-8(11(12,13)14)3-7-5-15-6-17-10(7)9/h3-4,15H,2,5-6H2,1H3. The first kappa shape index (κ1) is 12.0. The molecule has 0 amide bonds. The molecule has 0 radical (unpaired) electrons. The average Bonchev–Trinajstić information content (AvgIpc) is 2.28. The van der Waals surface area contributed by atoms with E-state index in [-0.39, 0.29) is 12.5 Å². The highest BCUT2D eigenvalue weighted by molar-refractivity contribution is 5.50. The van der Waals surface area contributed by atoms with Gasteiger partial charge in [0.2, 0.25) is 0 Å². The quantitative estimate of drug-likeness (QED) is 0.871. The summed E-state index contributed by atoms with van der Waals surface area (Å²) in [5.74, 6) is 0.553. The van der Waals surface area contributed by atoms with E-state index in [1.807, 2.05) is 0 Å². The van der Waals surface area contributed by atoms with Gasteiger partial charge in [0.25, 0.3) is 0 Å². The van der Waals surface area contributed by atoms with Crippen molar-refractivity contribution in [2.75, 3.05) is 13.3 Å². The maximum absolute atomic E-state index is 12.7. The predicted octanol–water partition coefficient (Wildman–Crippen LogP) is 2.54. The number of ether oxygens (including phenoxy) is 2. The zero-order chi connectivity index (χ0) is 12.5. The maximum atomic E-state index is 12.7. The van der Waals surface area contributed by atoms with Crippen molar-refractivity contribution in [3.8, 4) is 11.5 Å². The molecule has 0 fully saturated rings. The van der Waals surface area contributed by atoms with E-state index >= 15 is 0 Å². The molecule has 1 aliphatic rings. The van der Waals surface area contributed by atoms with Crippen LogP contribution in [-0.4, -0.2) is 13.3 Å². The first-order valence-corrected chi connectivity index (χ1v) is 5.23. The van der Waals surface area contributed by atoms with Gasteiger partial charge >= 0.3 is 6.18 Å². The highest BCUT2D eigenvalue weighted by Gasteiger charge is 2.33. The average molecular weight is 247 g/mol. The van der Waals surface area contributed by atoms with E-state index in [1.54, 1.807) is 6.92 Å². The Morgan fingerprint density at radius 2 is 2.18 bits per heavy atom. The molecule has 0 unspecified atom stereocenters. The minimum absolute atomic E-state index is 0.152. The normalized spacial score (nSPS) is 15.1. The number of hydrogen-bond donors (Lipinski definition) is 1. The van der Waals surface area contributed by atoms with Gasteiger partial charge in [0, 0.05) is 12.1 Å². The van der Waals surface area contributed by atoms with Gasteiger partial charge in [0.05, 0.1) is 12.2 Å². The number of fused-ring (bicyclic) bond motifs is 1. The van der Waals surface area contributed by atoms with Crippen LogP contribution in [0.25, 0.3) is 0 Å². The summed E-state index contributed by atoms with van der Waals surface area (Å²) < 4.78 is 48.4. The lowest BCUT2D eigenvalue weighted by Crippen LogP contribution is -2.26. The van der Waals surface area contributed by atoms with E-state index in [9.17, 15) is 13.2 Å². The van der Waals surface area contributed by atoms with Gasteiger partial charge in [0.15, 0.2) is 11.5 Å². The summed E-state index contributed by atoms with van der Waals surface area (Å²) in [6.45, 7) is 2.63. The molecular weight excluding hydrogens is 235 g/mol. The molecule has 94 valence electrons. The second-order valence-electron chi connectivity index (χ2n) is 3.61. The third kappa shape index (κ3) is 2.46. The highest BCUT2D eigenvalue weighted by Crippen LogP contribution is 2.40. The molecule has 2 rings (SSSR count). The van der Waals surface area contributed by atoms with Crippen LogP contribution in [0.15, 0.2) is 12.1 Å². The Morgan fingerprint density at radius 1 is 1.41 bits per heavy atom. The smallest absolute Gasteiger partial charge is 0.416 e. The summed E-state index contributed by atoms with van der Waals surface area (Å²) in [5, 5.41) is 2.84. The van der Waals surface area contributed by atoms with Crippen LogP contribution in [0.5, 0.6) is 11.5 Å². The fraction of sp³-hybridized carbons (Fsp3) is 0.455. The number of nitrogens with one attached hydrogen (secondary N) is 1. The summed E-state index contributed by atoms with van der Waals surface area (Å²) in [7, 11) is 0. The van der Waals surface area contributed by atoms with Crippen LogP contribution < -0.4 is 14.8 Å². The third-order valence-electron chi connectivity index (χ3n) is 2.39. The van der Waals surface area contributed by atoms with Crippen molar-refractivity contribution in [3.05, 3.63) is 23.3 Å². The van der Waals surface area contributed by atoms with Crippen molar-refractivity contribution in [1.82, 2.24) is 5.32 Å². The number of rotatable bonds is 2. The zero-order valence-electron chi connectivity index (χ0n) is 9.23. The Bertz CT molecular complexity index is 418. The van der Waals surface area contributed by atoms with Crippen molar-refractivity contribution in [2.24, 2.45) is 0 Å². The van der Waals surface area contributed by atoms with Crippen molar-refractivity contribution >= 4 is 0 Å². The Hall–Kier alpha value is -1.43. The number of hydrogen-bond acceptors (Lipinski definition) is 3. The number of benzene rings is 1. The van der Waals surface area contributed by atoms with E-state index in [4.69, 9.17) is 9.47 Å². The molecule has 0 bridgehead atoms. The molecule has 1 aliphatic heterocycles. The van der Waals surface area contributed by atoms with Crippen molar-refractivity contribution in [3.63, 3.8) is 0 Å². The minimum Gasteiger partial charge on any atom is -0.490 e. The van der Waals surface area contributed by atoms with Gasteiger partial charge in [0.1, 0.15) is 6.73 Å². The summed E-state index contributed by atoms with van der Waals surface area (Å²) >= 11 is 0. The summed E-state index contributed by atoms with van der Waals surface area (Å²) in [4.78, 5) is 0. The Kier molecular flexibility index (Phi) is 3.15. The van der Waals surface area contributed by atoms with E-state index in [1.165, 1.54) is 0 Å². The molecular formula is C11H12F3NO2. The van der Waals surface area contributed by atoms with Crippen LogP contribution in [0.3, 0.4) is 0 Å². The lowest BCUT2D eigenvalue weighted by molar-refractivity contribution is -0.137. The molecule has 3 nitrogen and oxygen atoms in total. The maximum Gasteiger partial charge on any atom is 0.416 e. The van der Waals surface area contributed by atoms with Crippen molar-refractivity contribution < 1.29 is 22.6 Å². The number of alkyl halides is 3. The Morgan fingerprint density at radius 3 is 2.82 bits per heavy atom. The Balaban J connectivity index is 2.48. The molecule has 0 saturated heterocycles. The zero-order valence-corrected chi connectivity index (χ0v) is 9.23. The van der Waals surface area contributed by atoms with Gasteiger partial charge in [-0.15, -0.1) is 0 Å². The van der Waals surface area contributed by atoms with Crippen LogP contribution in [0.4, 0.5) is 13.2 Å². The third-order valence-corrected chi connectivity index (χ3v) is 2.39. The number of halogens is 3. The second kappa shape index (κ2) is 4.44. The van der Waals surface area contributed by atoms with E-state index < -0.39 is 11.7 Å². The first-order valence-electron chi connectivity index (χ1n) is 5.23. The molecule has 1 aromatic carbocycles. The minimum atomic E-state index is -4.38. The highest BCUT2D eigenvalue weighted by atomic mass is 19.4. The van der Waals surface area contributed by atoms with Crippen LogP contribution in [0.1, 0.15) is 18.1 Å². The monoisotopic (exact) mass is 247 g/mol. The lowest BCUT2D eigenvalue weighted by atomic mass is 10.1. The second-order valence-corrected chi connectivity index (χ2v) is 3.61. The van der Waals surface area contributed by atoms with Crippen LogP contribution >= 0.6 is 0 Å². The first-order chi connectivity index (χ1) is 8.02. The van der Waals surface area contributed by atoms with Gasteiger partial charge in [-0.25, -0.2) is 0 Å². The molecule has 0 spiro atoms. The molecule has 6 heteroatoms. The van der Waals surface area contributed by atoms with Gasteiger partial charge in [-0.1, -0.05) is 0 Å². The molecule has 0 saturated carbocycles. The van der Waals surface area contributed by atoms with Crippen molar-refractivity contribution in [2.45, 2.75) is 19.6 Å². The SMILES string of the molecule is CCOc1cc(C(F)(F)F)cc2c1OCNC2. The predicted molar refractivity (Wildman–Crippen MR) is 54.9 cm³/mol. The topological polar surface area (TPSA) is 30.5 Å². The summed E-state index contributed by atoms with van der Waals surface area (Å²) in [5.41, 5.74) is -0.249. The van der Waals surface area contributed by atoms with Crippen LogP contribution in [0, 0.1) is 0 Å². The molecule has 17 heavy (non-hydrogen) atoms. The fourth-order valence-corrected chi connectivity index (χ4v) is 1.69. The largest absolute Gasteiger partial charge is 0.490 e.